The maximum Gasteiger partial charge on any atom is 0.301 e. The maximum absolute atomic E-state index is 11.8. The molecule has 3 aromatic carbocycles. The molecule has 0 saturated carbocycles. The summed E-state index contributed by atoms with van der Waals surface area (Å²) in [5.41, 5.74) is 11.0. The third-order valence-electron chi connectivity index (χ3n) is 4.90. The van der Waals surface area contributed by atoms with Gasteiger partial charge in [0.15, 0.2) is 0 Å². The van der Waals surface area contributed by atoms with Crippen molar-refractivity contribution >= 4 is 11.4 Å². The van der Waals surface area contributed by atoms with E-state index in [0.717, 1.165) is 34.2 Å². The Morgan fingerprint density at radius 1 is 1.00 bits per heavy atom. The van der Waals surface area contributed by atoms with Crippen LogP contribution in [0.2, 0.25) is 0 Å². The molecule has 0 saturated heterocycles. The summed E-state index contributed by atoms with van der Waals surface area (Å²) in [4.78, 5) is 11.4. The molecule has 0 heterocycles. The van der Waals surface area contributed by atoms with Crippen molar-refractivity contribution in [3.05, 3.63) is 81.4 Å². The highest BCUT2D eigenvalue weighted by Crippen LogP contribution is 2.48. The number of nitro benzene ring substituents is 1. The molecule has 26 heavy (non-hydrogen) atoms. The first kappa shape index (κ1) is 15.9. The zero-order valence-electron chi connectivity index (χ0n) is 13.9. The average molecular weight is 341 g/mol. The van der Waals surface area contributed by atoms with Crippen LogP contribution < -0.4 is 5.73 Å². The summed E-state index contributed by atoms with van der Waals surface area (Å²) in [5.74, 6) is 0. The summed E-state index contributed by atoms with van der Waals surface area (Å²) in [6.45, 7) is 0. The molecule has 5 heteroatoms. The monoisotopic (exact) mass is 341 g/mol. The van der Waals surface area contributed by atoms with E-state index >= 15 is 0 Å². The van der Waals surface area contributed by atoms with Crippen molar-refractivity contribution in [1.29, 1.82) is 5.26 Å². The fourth-order valence-corrected chi connectivity index (χ4v) is 3.82. The molecule has 0 fully saturated rings. The summed E-state index contributed by atoms with van der Waals surface area (Å²) in [7, 11) is 0. The number of fused-ring (bicyclic) bond motifs is 3. The highest BCUT2D eigenvalue weighted by atomic mass is 16.6. The molecular formula is C21H15N3O2. The van der Waals surface area contributed by atoms with Gasteiger partial charge >= 0.3 is 5.69 Å². The molecular weight excluding hydrogens is 326 g/mol. The van der Waals surface area contributed by atoms with Crippen molar-refractivity contribution in [1.82, 2.24) is 0 Å². The Morgan fingerprint density at radius 3 is 2.38 bits per heavy atom. The standard InChI is InChI=1S/C21H15N3O2/c22-12-17-19-15-9-5-4-6-13(15)10-11-16(19)18(14-7-2-1-3-8-14)21(20(17)23)24(25)26/h1-9H,10-11,23H2. The molecule has 1 aliphatic carbocycles. The van der Waals surface area contributed by atoms with Crippen molar-refractivity contribution in [3.8, 4) is 28.3 Å². The van der Waals surface area contributed by atoms with Gasteiger partial charge in [-0.3, -0.25) is 10.1 Å². The normalized spacial score (nSPS) is 12.0. The number of nitrogen functional groups attached to an aromatic ring is 1. The maximum atomic E-state index is 11.8. The van der Waals surface area contributed by atoms with Crippen LogP contribution in [0.1, 0.15) is 16.7 Å². The van der Waals surface area contributed by atoms with E-state index in [1.165, 1.54) is 0 Å². The third-order valence-corrected chi connectivity index (χ3v) is 4.90. The van der Waals surface area contributed by atoms with Crippen LogP contribution in [-0.2, 0) is 12.8 Å². The zero-order valence-corrected chi connectivity index (χ0v) is 13.9. The van der Waals surface area contributed by atoms with Gasteiger partial charge in [0.2, 0.25) is 0 Å². The Bertz CT molecular complexity index is 1080. The Morgan fingerprint density at radius 2 is 1.69 bits per heavy atom. The van der Waals surface area contributed by atoms with Crippen LogP contribution in [0.4, 0.5) is 11.4 Å². The molecule has 5 nitrogen and oxygen atoms in total. The molecule has 0 aliphatic heterocycles. The summed E-state index contributed by atoms with van der Waals surface area (Å²) < 4.78 is 0. The van der Waals surface area contributed by atoms with Gasteiger partial charge in [0.05, 0.1) is 16.1 Å². The molecule has 0 unspecified atom stereocenters. The van der Waals surface area contributed by atoms with Crippen molar-refractivity contribution in [3.63, 3.8) is 0 Å². The van der Waals surface area contributed by atoms with E-state index in [0.29, 0.717) is 12.0 Å². The first-order chi connectivity index (χ1) is 12.6. The molecule has 0 aromatic heterocycles. The van der Waals surface area contributed by atoms with Gasteiger partial charge in [-0.2, -0.15) is 5.26 Å². The van der Waals surface area contributed by atoms with E-state index in [2.05, 4.69) is 6.07 Å². The van der Waals surface area contributed by atoms with Gasteiger partial charge in [-0.25, -0.2) is 0 Å². The van der Waals surface area contributed by atoms with E-state index in [1.54, 1.807) is 0 Å². The predicted molar refractivity (Wildman–Crippen MR) is 101 cm³/mol. The Hall–Kier alpha value is -3.65. The summed E-state index contributed by atoms with van der Waals surface area (Å²) in [6, 6.07) is 19.2. The molecule has 3 aromatic rings. The lowest BCUT2D eigenvalue weighted by Gasteiger charge is -2.25. The Kier molecular flexibility index (Phi) is 3.67. The second-order valence-electron chi connectivity index (χ2n) is 6.26. The number of nitrogens with two attached hydrogens (primary N) is 1. The van der Waals surface area contributed by atoms with Crippen molar-refractivity contribution < 1.29 is 4.92 Å². The van der Waals surface area contributed by atoms with Gasteiger partial charge in [-0.1, -0.05) is 54.6 Å². The number of benzene rings is 3. The first-order valence-electron chi connectivity index (χ1n) is 8.30. The molecule has 0 radical (unpaired) electrons. The van der Waals surface area contributed by atoms with Gasteiger partial charge < -0.3 is 5.73 Å². The number of hydrogen-bond donors (Lipinski definition) is 1. The minimum Gasteiger partial charge on any atom is -0.392 e. The van der Waals surface area contributed by atoms with Gasteiger partial charge in [-0.15, -0.1) is 0 Å². The van der Waals surface area contributed by atoms with Crippen molar-refractivity contribution in [2.24, 2.45) is 0 Å². The molecule has 1 aliphatic rings. The van der Waals surface area contributed by atoms with Crippen LogP contribution in [0, 0.1) is 21.4 Å². The number of nitro groups is 1. The molecule has 0 bridgehead atoms. The number of anilines is 1. The third kappa shape index (κ3) is 2.24. The SMILES string of the molecule is N#Cc1c(N)c([N+](=O)[O-])c(-c2ccccc2)c2c1-c1ccccc1CC2. The van der Waals surface area contributed by atoms with Gasteiger partial charge in [-0.05, 0) is 35.1 Å². The zero-order chi connectivity index (χ0) is 18.3. The van der Waals surface area contributed by atoms with Crippen LogP contribution in [0.15, 0.2) is 54.6 Å². The molecule has 0 atom stereocenters. The lowest BCUT2D eigenvalue weighted by Crippen LogP contribution is -2.12. The minimum absolute atomic E-state index is 0.0631. The molecule has 0 amide bonds. The smallest absolute Gasteiger partial charge is 0.301 e. The summed E-state index contributed by atoms with van der Waals surface area (Å²) in [5, 5.41) is 21.5. The van der Waals surface area contributed by atoms with E-state index in [4.69, 9.17) is 5.73 Å². The van der Waals surface area contributed by atoms with E-state index < -0.39 is 4.92 Å². The number of nitrogens with zero attached hydrogens (tertiary/aromatic N) is 2. The lowest BCUT2D eigenvalue weighted by molar-refractivity contribution is -0.383. The fraction of sp³-hybridized carbons (Fsp3) is 0.0952. The Labute approximate surface area is 150 Å². The van der Waals surface area contributed by atoms with Crippen molar-refractivity contribution in [2.45, 2.75) is 12.8 Å². The van der Waals surface area contributed by atoms with Gasteiger partial charge in [0, 0.05) is 5.56 Å². The van der Waals surface area contributed by atoms with E-state index in [-0.39, 0.29) is 16.9 Å². The highest BCUT2D eigenvalue weighted by Gasteiger charge is 2.33. The number of hydrogen-bond acceptors (Lipinski definition) is 4. The van der Waals surface area contributed by atoms with Crippen LogP contribution in [0.5, 0.6) is 0 Å². The van der Waals surface area contributed by atoms with Crippen LogP contribution in [-0.4, -0.2) is 4.92 Å². The second kappa shape index (κ2) is 6.01. The average Bonchev–Trinajstić information content (AvgIpc) is 2.67. The topological polar surface area (TPSA) is 93.0 Å². The fourth-order valence-electron chi connectivity index (χ4n) is 3.82. The van der Waals surface area contributed by atoms with E-state index in [9.17, 15) is 15.4 Å². The second-order valence-corrected chi connectivity index (χ2v) is 6.26. The van der Waals surface area contributed by atoms with Gasteiger partial charge in [0.1, 0.15) is 11.8 Å². The quantitative estimate of drug-likeness (QED) is 0.422. The van der Waals surface area contributed by atoms with Crippen LogP contribution >= 0.6 is 0 Å². The predicted octanol–water partition coefficient (Wildman–Crippen LogP) is 4.48. The van der Waals surface area contributed by atoms with Crippen LogP contribution in [0.3, 0.4) is 0 Å². The molecule has 2 N–H and O–H groups in total. The highest BCUT2D eigenvalue weighted by molar-refractivity contribution is 5.96. The molecule has 126 valence electrons. The summed E-state index contributed by atoms with van der Waals surface area (Å²) in [6.07, 6.45) is 1.40. The summed E-state index contributed by atoms with van der Waals surface area (Å²) >= 11 is 0. The first-order valence-corrected chi connectivity index (χ1v) is 8.30. The lowest BCUT2D eigenvalue weighted by atomic mass is 9.78. The largest absolute Gasteiger partial charge is 0.392 e. The Balaban J connectivity index is 2.19. The molecule has 0 spiro atoms. The van der Waals surface area contributed by atoms with Crippen molar-refractivity contribution in [2.75, 3.05) is 5.73 Å². The van der Waals surface area contributed by atoms with E-state index in [1.807, 2.05) is 54.6 Å². The van der Waals surface area contributed by atoms with Gasteiger partial charge in [0.25, 0.3) is 0 Å². The number of aryl methyl sites for hydroxylation is 1. The number of rotatable bonds is 2. The minimum atomic E-state index is -0.473. The van der Waals surface area contributed by atoms with Crippen LogP contribution in [0.25, 0.3) is 22.3 Å². The molecule has 4 rings (SSSR count). The number of nitriles is 1.